The smallest absolute Gasteiger partial charge is 0.124 e. The molecule has 4 rings (SSSR count). The number of nitrogens with zero attached hydrogens (tertiary/aromatic N) is 1. The summed E-state index contributed by atoms with van der Waals surface area (Å²) in [7, 11) is 1.74. The monoisotopic (exact) mass is 466 g/mol. The average molecular weight is 467 g/mol. The van der Waals surface area contributed by atoms with Gasteiger partial charge < -0.3 is 19.9 Å². The van der Waals surface area contributed by atoms with Gasteiger partial charge in [-0.05, 0) is 50.3 Å². The molecule has 5 heteroatoms. The molecule has 0 amide bonds. The summed E-state index contributed by atoms with van der Waals surface area (Å²) >= 11 is 0. The molecule has 2 fully saturated rings. The third-order valence-corrected chi connectivity index (χ3v) is 7.89. The number of nitrogens with one attached hydrogen (secondary N) is 1. The lowest BCUT2D eigenvalue weighted by atomic mass is 9.75. The lowest BCUT2D eigenvalue weighted by Crippen LogP contribution is -2.65. The van der Waals surface area contributed by atoms with E-state index in [0.29, 0.717) is 6.61 Å². The van der Waals surface area contributed by atoms with Crippen LogP contribution in [0.4, 0.5) is 0 Å². The SMILES string of the molecule is CCOc1ccccc1C1(Cc2ccccc2OC)CN(C(CC)C2(O)CCCCC2)CCN1. The van der Waals surface area contributed by atoms with Gasteiger partial charge in [0.2, 0.25) is 0 Å². The molecule has 1 aliphatic carbocycles. The first-order valence-electron chi connectivity index (χ1n) is 13.1. The van der Waals surface area contributed by atoms with Crippen LogP contribution in [-0.4, -0.2) is 55.0 Å². The molecule has 2 atom stereocenters. The molecule has 0 bridgehead atoms. The second kappa shape index (κ2) is 11.1. The van der Waals surface area contributed by atoms with E-state index in [1.807, 2.05) is 25.1 Å². The van der Waals surface area contributed by atoms with Crippen molar-refractivity contribution in [2.24, 2.45) is 0 Å². The van der Waals surface area contributed by atoms with Crippen molar-refractivity contribution in [2.75, 3.05) is 33.4 Å². The number of piperazine rings is 1. The molecular weight excluding hydrogens is 424 g/mol. The maximum atomic E-state index is 11.7. The third-order valence-electron chi connectivity index (χ3n) is 7.89. The molecule has 1 saturated heterocycles. The summed E-state index contributed by atoms with van der Waals surface area (Å²) in [5.74, 6) is 1.84. The van der Waals surface area contributed by atoms with Gasteiger partial charge in [0.15, 0.2) is 0 Å². The second-order valence-corrected chi connectivity index (χ2v) is 9.99. The van der Waals surface area contributed by atoms with Crippen LogP contribution < -0.4 is 14.8 Å². The van der Waals surface area contributed by atoms with Gasteiger partial charge in [0.25, 0.3) is 0 Å². The summed E-state index contributed by atoms with van der Waals surface area (Å²) < 4.78 is 11.9. The molecule has 1 aliphatic heterocycles. The van der Waals surface area contributed by atoms with Crippen LogP contribution >= 0.6 is 0 Å². The number of benzene rings is 2. The Hall–Kier alpha value is -2.08. The van der Waals surface area contributed by atoms with Gasteiger partial charge in [-0.3, -0.25) is 4.90 Å². The maximum absolute atomic E-state index is 11.7. The van der Waals surface area contributed by atoms with Crippen molar-refractivity contribution in [1.82, 2.24) is 10.2 Å². The van der Waals surface area contributed by atoms with Crippen molar-refractivity contribution in [3.8, 4) is 11.5 Å². The van der Waals surface area contributed by atoms with Crippen molar-refractivity contribution in [3.63, 3.8) is 0 Å². The molecule has 34 heavy (non-hydrogen) atoms. The molecule has 2 aliphatic rings. The van der Waals surface area contributed by atoms with E-state index >= 15 is 0 Å². The van der Waals surface area contributed by atoms with Gasteiger partial charge in [-0.1, -0.05) is 62.6 Å². The number of ether oxygens (including phenoxy) is 2. The summed E-state index contributed by atoms with van der Waals surface area (Å²) in [5.41, 5.74) is 1.41. The standard InChI is InChI=1S/C29H42N2O3/c1-4-27(29(32)17-11-6-12-18-29)31-20-19-30-28(22-31,21-23-13-7-9-15-25(23)33-3)24-14-8-10-16-26(24)34-5-2/h7-10,13-16,27,30,32H,4-6,11-12,17-22H2,1-3H3. The van der Waals surface area contributed by atoms with Gasteiger partial charge >= 0.3 is 0 Å². The van der Waals surface area contributed by atoms with Gasteiger partial charge in [-0.15, -0.1) is 0 Å². The average Bonchev–Trinajstić information content (AvgIpc) is 2.86. The van der Waals surface area contributed by atoms with Gasteiger partial charge in [0.1, 0.15) is 11.5 Å². The fourth-order valence-electron chi connectivity index (χ4n) is 6.37. The van der Waals surface area contributed by atoms with Crippen LogP contribution in [0, 0.1) is 0 Å². The van der Waals surface area contributed by atoms with Gasteiger partial charge in [-0.25, -0.2) is 0 Å². The Bertz CT molecular complexity index is 927. The van der Waals surface area contributed by atoms with E-state index in [2.05, 4.69) is 47.5 Å². The van der Waals surface area contributed by atoms with E-state index < -0.39 is 5.60 Å². The summed E-state index contributed by atoms with van der Waals surface area (Å²) in [6.45, 7) is 7.51. The zero-order valence-electron chi connectivity index (χ0n) is 21.2. The topological polar surface area (TPSA) is 54.0 Å². The van der Waals surface area contributed by atoms with Crippen LogP contribution in [0.25, 0.3) is 0 Å². The summed E-state index contributed by atoms with van der Waals surface area (Å²) in [4.78, 5) is 2.56. The zero-order chi connectivity index (χ0) is 24.0. The van der Waals surface area contributed by atoms with Crippen molar-refractivity contribution in [1.29, 1.82) is 0 Å². The molecular formula is C29H42N2O3. The Morgan fingerprint density at radius 1 is 1.00 bits per heavy atom. The van der Waals surface area contributed by atoms with Crippen LogP contribution in [0.2, 0.25) is 0 Å². The van der Waals surface area contributed by atoms with E-state index in [4.69, 9.17) is 9.47 Å². The van der Waals surface area contributed by atoms with Crippen molar-refractivity contribution >= 4 is 0 Å². The molecule has 1 saturated carbocycles. The van der Waals surface area contributed by atoms with Crippen LogP contribution in [0.5, 0.6) is 11.5 Å². The number of hydrogen-bond donors (Lipinski definition) is 2. The Morgan fingerprint density at radius 2 is 1.71 bits per heavy atom. The van der Waals surface area contributed by atoms with E-state index in [1.54, 1.807) is 7.11 Å². The van der Waals surface area contributed by atoms with Gasteiger partial charge in [0, 0.05) is 31.2 Å². The fraction of sp³-hybridized carbons (Fsp3) is 0.586. The normalized spacial score (nSPS) is 23.9. The van der Waals surface area contributed by atoms with Crippen LogP contribution in [0.15, 0.2) is 48.5 Å². The predicted octanol–water partition coefficient (Wildman–Crippen LogP) is 4.91. The molecule has 2 N–H and O–H groups in total. The number of rotatable bonds is 9. The minimum Gasteiger partial charge on any atom is -0.496 e. The van der Waals surface area contributed by atoms with Gasteiger partial charge in [0.05, 0.1) is 24.9 Å². The van der Waals surface area contributed by atoms with E-state index in [-0.39, 0.29) is 11.6 Å². The second-order valence-electron chi connectivity index (χ2n) is 9.99. The highest BCUT2D eigenvalue weighted by Crippen LogP contribution is 2.41. The first-order chi connectivity index (χ1) is 16.5. The van der Waals surface area contributed by atoms with E-state index in [9.17, 15) is 5.11 Å². The minimum atomic E-state index is -0.597. The molecule has 0 radical (unpaired) electrons. The molecule has 186 valence electrons. The molecule has 5 nitrogen and oxygen atoms in total. The molecule has 2 aromatic carbocycles. The summed E-state index contributed by atoms with van der Waals surface area (Å²) in [5, 5.41) is 15.6. The Morgan fingerprint density at radius 3 is 2.41 bits per heavy atom. The van der Waals surface area contributed by atoms with Crippen molar-refractivity contribution in [2.45, 2.75) is 76.0 Å². The maximum Gasteiger partial charge on any atom is 0.124 e. The van der Waals surface area contributed by atoms with Crippen molar-refractivity contribution in [3.05, 3.63) is 59.7 Å². The first-order valence-corrected chi connectivity index (χ1v) is 13.1. The molecule has 0 aromatic heterocycles. The summed E-state index contributed by atoms with van der Waals surface area (Å²) in [6, 6.07) is 16.9. The predicted molar refractivity (Wildman–Crippen MR) is 138 cm³/mol. The zero-order valence-corrected chi connectivity index (χ0v) is 21.2. The number of aliphatic hydroxyl groups is 1. The fourth-order valence-corrected chi connectivity index (χ4v) is 6.37. The highest BCUT2D eigenvalue weighted by Gasteiger charge is 2.46. The molecule has 2 aromatic rings. The van der Waals surface area contributed by atoms with Crippen LogP contribution in [0.1, 0.15) is 63.5 Å². The lowest BCUT2D eigenvalue weighted by molar-refractivity contribution is -0.0866. The minimum absolute atomic E-state index is 0.159. The third kappa shape index (κ3) is 5.12. The van der Waals surface area contributed by atoms with Gasteiger partial charge in [-0.2, -0.15) is 0 Å². The quantitative estimate of drug-likeness (QED) is 0.550. The van der Waals surface area contributed by atoms with Crippen LogP contribution in [-0.2, 0) is 12.0 Å². The number of hydrogen-bond acceptors (Lipinski definition) is 5. The van der Waals surface area contributed by atoms with Crippen LogP contribution in [0.3, 0.4) is 0 Å². The lowest BCUT2D eigenvalue weighted by Gasteiger charge is -2.51. The number of para-hydroxylation sites is 2. The molecule has 2 unspecified atom stereocenters. The van der Waals surface area contributed by atoms with E-state index in [0.717, 1.165) is 69.7 Å². The number of methoxy groups -OCH3 is 1. The first kappa shape index (κ1) is 25.0. The highest BCUT2D eigenvalue weighted by atomic mass is 16.5. The molecule has 0 spiro atoms. The molecule has 1 heterocycles. The largest absolute Gasteiger partial charge is 0.496 e. The Balaban J connectivity index is 1.75. The Kier molecular flexibility index (Phi) is 8.18. The van der Waals surface area contributed by atoms with Crippen molar-refractivity contribution < 1.29 is 14.6 Å². The van der Waals surface area contributed by atoms with E-state index in [1.165, 1.54) is 17.5 Å². The summed E-state index contributed by atoms with van der Waals surface area (Å²) in [6.07, 6.45) is 7.03. The highest BCUT2D eigenvalue weighted by molar-refractivity contribution is 5.44. The Labute approximate surface area is 205 Å².